The zero-order valence-electron chi connectivity index (χ0n) is 9.65. The molecule has 5 heteroatoms. The van der Waals surface area contributed by atoms with Crippen molar-refractivity contribution in [3.8, 4) is 0 Å². The number of hydrogen-bond acceptors (Lipinski definition) is 4. The van der Waals surface area contributed by atoms with Crippen LogP contribution in [0.1, 0.15) is 6.42 Å². The third kappa shape index (κ3) is 3.31. The number of thiazole rings is 1. The molecule has 2 rings (SSSR count). The summed E-state index contributed by atoms with van der Waals surface area (Å²) in [6, 6.07) is 8.33. The number of alkyl halides is 1. The molecule has 1 heterocycles. The quantitative estimate of drug-likeness (QED) is 0.818. The third-order valence-electron chi connectivity index (χ3n) is 2.45. The van der Waals surface area contributed by atoms with Crippen molar-refractivity contribution in [1.82, 2.24) is 4.98 Å². The van der Waals surface area contributed by atoms with Gasteiger partial charge in [0.1, 0.15) is 0 Å². The van der Waals surface area contributed by atoms with Gasteiger partial charge < -0.3 is 10.1 Å². The van der Waals surface area contributed by atoms with Gasteiger partial charge in [-0.1, -0.05) is 23.5 Å². The number of ether oxygens (including phenoxy) is 1. The number of halogens is 1. The van der Waals surface area contributed by atoms with Crippen molar-refractivity contribution >= 4 is 38.3 Å². The molecule has 0 amide bonds. The van der Waals surface area contributed by atoms with Crippen molar-refractivity contribution in [2.24, 2.45) is 0 Å². The normalized spacial score (nSPS) is 12.8. The van der Waals surface area contributed by atoms with Gasteiger partial charge >= 0.3 is 0 Å². The Bertz CT molecular complexity index is 435. The Balaban J connectivity index is 2.10. The minimum Gasteiger partial charge on any atom is -0.383 e. The molecule has 1 unspecified atom stereocenters. The van der Waals surface area contributed by atoms with Crippen LogP contribution in [-0.2, 0) is 4.74 Å². The minimum absolute atomic E-state index is 0.220. The molecule has 17 heavy (non-hydrogen) atoms. The van der Waals surface area contributed by atoms with Gasteiger partial charge in [0.25, 0.3) is 0 Å². The van der Waals surface area contributed by atoms with Crippen LogP contribution in [0, 0.1) is 0 Å². The number of para-hydroxylation sites is 1. The highest BCUT2D eigenvalue weighted by molar-refractivity contribution is 7.22. The van der Waals surface area contributed by atoms with E-state index in [1.165, 1.54) is 4.70 Å². The second-order valence-electron chi connectivity index (χ2n) is 3.76. The van der Waals surface area contributed by atoms with E-state index in [2.05, 4.69) is 16.4 Å². The Labute approximate surface area is 110 Å². The summed E-state index contributed by atoms with van der Waals surface area (Å²) in [5.74, 6) is 0.617. The standard InChI is InChI=1S/C12H15ClN2OS/c1-16-8-9(6-7-13)14-12-15-10-4-2-3-5-11(10)17-12/h2-5,9H,6-8H2,1H3,(H,14,15). The molecule has 1 atom stereocenters. The van der Waals surface area contributed by atoms with E-state index < -0.39 is 0 Å². The summed E-state index contributed by atoms with van der Waals surface area (Å²) in [6.07, 6.45) is 0.866. The lowest BCUT2D eigenvalue weighted by atomic mass is 10.2. The molecule has 92 valence electrons. The van der Waals surface area contributed by atoms with Crippen molar-refractivity contribution in [2.75, 3.05) is 24.9 Å². The van der Waals surface area contributed by atoms with Gasteiger partial charge in [0.05, 0.1) is 22.9 Å². The maximum Gasteiger partial charge on any atom is 0.184 e. The predicted molar refractivity (Wildman–Crippen MR) is 74.2 cm³/mol. The average Bonchev–Trinajstić information content (AvgIpc) is 2.71. The summed E-state index contributed by atoms with van der Waals surface area (Å²) >= 11 is 7.42. The number of methoxy groups -OCH3 is 1. The van der Waals surface area contributed by atoms with E-state index in [4.69, 9.17) is 16.3 Å². The molecular weight excluding hydrogens is 256 g/mol. The van der Waals surface area contributed by atoms with Crippen molar-refractivity contribution in [3.05, 3.63) is 24.3 Å². The molecule has 0 aliphatic rings. The summed E-state index contributed by atoms with van der Waals surface area (Å²) in [5, 5.41) is 4.30. The van der Waals surface area contributed by atoms with E-state index in [1.54, 1.807) is 18.4 Å². The van der Waals surface area contributed by atoms with Crippen molar-refractivity contribution in [1.29, 1.82) is 0 Å². The lowest BCUT2D eigenvalue weighted by molar-refractivity contribution is 0.184. The number of anilines is 1. The highest BCUT2D eigenvalue weighted by atomic mass is 35.5. The van der Waals surface area contributed by atoms with Crippen LogP contribution in [0.25, 0.3) is 10.2 Å². The highest BCUT2D eigenvalue weighted by Gasteiger charge is 2.10. The maximum absolute atomic E-state index is 5.76. The first-order chi connectivity index (χ1) is 8.33. The van der Waals surface area contributed by atoms with Gasteiger partial charge in [-0.15, -0.1) is 11.6 Å². The van der Waals surface area contributed by atoms with Crippen LogP contribution in [0.3, 0.4) is 0 Å². The molecule has 0 radical (unpaired) electrons. The van der Waals surface area contributed by atoms with Crippen LogP contribution in [0.5, 0.6) is 0 Å². The lowest BCUT2D eigenvalue weighted by Crippen LogP contribution is -2.25. The number of nitrogens with one attached hydrogen (secondary N) is 1. The first-order valence-corrected chi connectivity index (χ1v) is 6.85. The van der Waals surface area contributed by atoms with E-state index >= 15 is 0 Å². The second kappa shape index (κ2) is 6.19. The molecular formula is C12H15ClN2OS. The summed E-state index contributed by atoms with van der Waals surface area (Å²) in [7, 11) is 1.70. The molecule has 0 saturated heterocycles. The molecule has 0 aliphatic carbocycles. The average molecular weight is 271 g/mol. The molecule has 2 aromatic rings. The number of aromatic nitrogens is 1. The van der Waals surface area contributed by atoms with Crippen LogP contribution in [-0.4, -0.2) is 30.6 Å². The molecule has 0 fully saturated rings. The van der Waals surface area contributed by atoms with E-state index in [9.17, 15) is 0 Å². The Hall–Kier alpha value is -0.840. The largest absolute Gasteiger partial charge is 0.383 e. The van der Waals surface area contributed by atoms with Gasteiger partial charge in [-0.05, 0) is 18.6 Å². The maximum atomic E-state index is 5.76. The first kappa shape index (κ1) is 12.6. The van der Waals surface area contributed by atoms with Crippen molar-refractivity contribution in [2.45, 2.75) is 12.5 Å². The Morgan fingerprint density at radius 3 is 3.00 bits per heavy atom. The molecule has 1 aromatic heterocycles. The number of nitrogens with zero attached hydrogens (tertiary/aromatic N) is 1. The van der Waals surface area contributed by atoms with E-state index in [-0.39, 0.29) is 6.04 Å². The lowest BCUT2D eigenvalue weighted by Gasteiger charge is -2.15. The molecule has 0 spiro atoms. The topological polar surface area (TPSA) is 34.1 Å². The fourth-order valence-corrected chi connectivity index (χ4v) is 2.84. The predicted octanol–water partition coefficient (Wildman–Crippen LogP) is 3.35. The Kier molecular flexibility index (Phi) is 4.59. The summed E-state index contributed by atoms with van der Waals surface area (Å²) in [5.41, 5.74) is 1.03. The Morgan fingerprint density at radius 2 is 2.29 bits per heavy atom. The molecule has 0 aliphatic heterocycles. The number of benzene rings is 1. The first-order valence-electron chi connectivity index (χ1n) is 5.50. The number of fused-ring (bicyclic) bond motifs is 1. The van der Waals surface area contributed by atoms with Gasteiger partial charge in [0, 0.05) is 13.0 Å². The number of rotatable bonds is 6. The van der Waals surface area contributed by atoms with Crippen LogP contribution in [0.2, 0.25) is 0 Å². The second-order valence-corrected chi connectivity index (χ2v) is 5.17. The molecule has 3 nitrogen and oxygen atoms in total. The van der Waals surface area contributed by atoms with Crippen LogP contribution in [0.15, 0.2) is 24.3 Å². The van der Waals surface area contributed by atoms with Crippen LogP contribution in [0.4, 0.5) is 5.13 Å². The van der Waals surface area contributed by atoms with Crippen molar-refractivity contribution < 1.29 is 4.74 Å². The smallest absolute Gasteiger partial charge is 0.184 e. The van der Waals surface area contributed by atoms with Gasteiger partial charge in [-0.3, -0.25) is 0 Å². The Morgan fingerprint density at radius 1 is 1.47 bits per heavy atom. The summed E-state index contributed by atoms with van der Waals surface area (Å²) < 4.78 is 6.35. The zero-order chi connectivity index (χ0) is 12.1. The van der Waals surface area contributed by atoms with E-state index in [0.29, 0.717) is 12.5 Å². The summed E-state index contributed by atoms with van der Waals surface area (Å²) in [6.45, 7) is 0.642. The zero-order valence-corrected chi connectivity index (χ0v) is 11.2. The fourth-order valence-electron chi connectivity index (χ4n) is 1.64. The summed E-state index contributed by atoms with van der Waals surface area (Å²) in [4.78, 5) is 4.53. The van der Waals surface area contributed by atoms with Crippen LogP contribution >= 0.6 is 22.9 Å². The SMILES string of the molecule is COCC(CCCl)Nc1nc2ccccc2s1. The fraction of sp³-hybridized carbons (Fsp3) is 0.417. The molecule has 0 saturated carbocycles. The third-order valence-corrected chi connectivity index (χ3v) is 3.63. The number of hydrogen-bond donors (Lipinski definition) is 1. The van der Waals surface area contributed by atoms with Gasteiger partial charge in [0.2, 0.25) is 0 Å². The van der Waals surface area contributed by atoms with Gasteiger partial charge in [-0.25, -0.2) is 4.98 Å². The van der Waals surface area contributed by atoms with Gasteiger partial charge in [0.15, 0.2) is 5.13 Å². The molecule has 0 bridgehead atoms. The van der Waals surface area contributed by atoms with Crippen molar-refractivity contribution in [3.63, 3.8) is 0 Å². The highest BCUT2D eigenvalue weighted by Crippen LogP contribution is 2.26. The van der Waals surface area contributed by atoms with E-state index in [0.717, 1.165) is 17.1 Å². The van der Waals surface area contributed by atoms with Crippen LogP contribution < -0.4 is 5.32 Å². The van der Waals surface area contributed by atoms with E-state index in [1.807, 2.05) is 18.2 Å². The minimum atomic E-state index is 0.220. The van der Waals surface area contributed by atoms with Gasteiger partial charge in [-0.2, -0.15) is 0 Å². The molecule has 1 N–H and O–H groups in total. The molecule has 1 aromatic carbocycles. The monoisotopic (exact) mass is 270 g/mol.